The molecule has 160 valence electrons. The summed E-state index contributed by atoms with van der Waals surface area (Å²) >= 11 is 0. The normalized spacial score (nSPS) is 13.2. The van der Waals surface area contributed by atoms with Crippen molar-refractivity contribution < 1.29 is 22.0 Å². The number of benzene rings is 2. The molecule has 10 heteroatoms. The molecule has 0 saturated heterocycles. The van der Waals surface area contributed by atoms with E-state index in [-0.39, 0.29) is 22.8 Å². The number of aromatic nitrogens is 2. The average molecular weight is 436 g/mol. The van der Waals surface area contributed by atoms with Gasteiger partial charge in [0.25, 0.3) is 5.91 Å². The van der Waals surface area contributed by atoms with Gasteiger partial charge in [-0.2, -0.15) is 8.78 Å². The monoisotopic (exact) mass is 436 g/mol. The van der Waals surface area contributed by atoms with Gasteiger partial charge >= 0.3 is 6.55 Å². The van der Waals surface area contributed by atoms with Crippen LogP contribution in [0.1, 0.15) is 35.6 Å². The number of nitrogens with zero attached hydrogens (tertiary/aromatic N) is 3. The van der Waals surface area contributed by atoms with Crippen LogP contribution in [0.15, 0.2) is 53.4 Å². The van der Waals surface area contributed by atoms with Crippen LogP contribution in [-0.4, -0.2) is 48.8 Å². The Morgan fingerprint density at radius 3 is 2.53 bits per heavy atom. The number of carbonyl (C=O) groups is 1. The maximum absolute atomic E-state index is 13.6. The number of halogens is 2. The Labute approximate surface area is 173 Å². The molecule has 3 aromatic rings. The summed E-state index contributed by atoms with van der Waals surface area (Å²) in [6.45, 7) is -1.02. The molecule has 1 amide bonds. The van der Waals surface area contributed by atoms with E-state index in [1.165, 1.54) is 38.4 Å². The molecular formula is C20H22F2N4O3S. The molecule has 1 unspecified atom stereocenters. The van der Waals surface area contributed by atoms with Crippen molar-refractivity contribution >= 4 is 27.0 Å². The zero-order valence-corrected chi connectivity index (χ0v) is 17.5. The Morgan fingerprint density at radius 1 is 1.17 bits per heavy atom. The first-order valence-corrected chi connectivity index (χ1v) is 10.6. The lowest BCUT2D eigenvalue weighted by Crippen LogP contribution is -2.29. The van der Waals surface area contributed by atoms with Crippen LogP contribution in [0.25, 0.3) is 11.0 Å². The number of amides is 1. The van der Waals surface area contributed by atoms with Crippen LogP contribution in [0, 0.1) is 0 Å². The molecule has 1 aromatic heterocycles. The number of nitrogens with one attached hydrogen (secondary N) is 1. The fourth-order valence-corrected chi connectivity index (χ4v) is 4.01. The van der Waals surface area contributed by atoms with Crippen molar-refractivity contribution in [3.63, 3.8) is 0 Å². The van der Waals surface area contributed by atoms with E-state index in [2.05, 4.69) is 10.3 Å². The molecule has 7 nitrogen and oxygen atoms in total. The number of alkyl halides is 2. The summed E-state index contributed by atoms with van der Waals surface area (Å²) in [4.78, 5) is 16.8. The molecule has 1 atom stereocenters. The van der Waals surface area contributed by atoms with Gasteiger partial charge in [-0.05, 0) is 30.3 Å². The summed E-state index contributed by atoms with van der Waals surface area (Å²) in [7, 11) is -0.877. The second-order valence-corrected chi connectivity index (χ2v) is 9.18. The third-order valence-electron chi connectivity index (χ3n) is 4.70. The molecule has 1 N–H and O–H groups in total. The molecule has 0 spiro atoms. The van der Waals surface area contributed by atoms with Crippen LogP contribution < -0.4 is 5.32 Å². The SMILES string of the molecule is CC(CNC(=O)c1cccc(S(=O)(=O)N(C)C)c1)c1nc2ccccc2n1C(F)F. The van der Waals surface area contributed by atoms with Crippen molar-refractivity contribution in [2.45, 2.75) is 24.3 Å². The van der Waals surface area contributed by atoms with E-state index in [4.69, 9.17) is 0 Å². The molecule has 0 saturated carbocycles. The maximum Gasteiger partial charge on any atom is 0.320 e. The number of sulfonamides is 1. The number of fused-ring (bicyclic) bond motifs is 1. The van der Waals surface area contributed by atoms with Gasteiger partial charge in [0.2, 0.25) is 10.0 Å². The smallest absolute Gasteiger partial charge is 0.320 e. The van der Waals surface area contributed by atoms with Gasteiger partial charge in [0.1, 0.15) is 5.82 Å². The van der Waals surface area contributed by atoms with Gasteiger partial charge in [-0.25, -0.2) is 17.7 Å². The van der Waals surface area contributed by atoms with Crippen molar-refractivity contribution in [2.75, 3.05) is 20.6 Å². The highest BCUT2D eigenvalue weighted by Gasteiger charge is 2.23. The van der Waals surface area contributed by atoms with E-state index in [0.717, 1.165) is 8.87 Å². The molecule has 0 aliphatic rings. The molecule has 0 bridgehead atoms. The number of rotatable bonds is 7. The van der Waals surface area contributed by atoms with Crippen molar-refractivity contribution in [2.24, 2.45) is 0 Å². The van der Waals surface area contributed by atoms with Crippen molar-refractivity contribution in [3.8, 4) is 0 Å². The minimum Gasteiger partial charge on any atom is -0.351 e. The molecule has 30 heavy (non-hydrogen) atoms. The number of para-hydroxylation sites is 2. The fraction of sp³-hybridized carbons (Fsp3) is 0.300. The highest BCUT2D eigenvalue weighted by molar-refractivity contribution is 7.89. The Hall–Kier alpha value is -2.85. The van der Waals surface area contributed by atoms with Gasteiger partial charge in [-0.15, -0.1) is 0 Å². The van der Waals surface area contributed by atoms with Crippen LogP contribution in [0.3, 0.4) is 0 Å². The lowest BCUT2D eigenvalue weighted by molar-refractivity contribution is 0.0704. The Bertz CT molecular complexity index is 1180. The van der Waals surface area contributed by atoms with Crippen molar-refractivity contribution in [3.05, 3.63) is 59.9 Å². The van der Waals surface area contributed by atoms with Crippen molar-refractivity contribution in [1.82, 2.24) is 19.2 Å². The second-order valence-electron chi connectivity index (χ2n) is 7.03. The van der Waals surface area contributed by atoms with E-state index >= 15 is 0 Å². The van der Waals surface area contributed by atoms with Crippen molar-refractivity contribution in [1.29, 1.82) is 0 Å². The van der Waals surface area contributed by atoms with Gasteiger partial charge in [-0.3, -0.25) is 9.36 Å². The predicted molar refractivity (Wildman–Crippen MR) is 109 cm³/mol. The highest BCUT2D eigenvalue weighted by atomic mass is 32.2. The molecule has 0 radical (unpaired) electrons. The molecule has 3 rings (SSSR count). The minimum atomic E-state index is -3.68. The van der Waals surface area contributed by atoms with E-state index < -0.39 is 28.4 Å². The number of hydrogen-bond acceptors (Lipinski definition) is 4. The lowest BCUT2D eigenvalue weighted by atomic mass is 10.1. The standard InChI is InChI=1S/C20H22F2N4O3S/c1-13(18-24-16-9-4-5-10-17(16)26(18)20(21)22)12-23-19(27)14-7-6-8-15(11-14)30(28,29)25(2)3/h4-11,13,20H,12H2,1-3H3,(H,23,27). The van der Waals surface area contributed by atoms with E-state index in [1.54, 1.807) is 31.2 Å². The number of imidazole rings is 1. The van der Waals surface area contributed by atoms with Gasteiger partial charge in [0.15, 0.2) is 0 Å². The topological polar surface area (TPSA) is 84.3 Å². The lowest BCUT2D eigenvalue weighted by Gasteiger charge is -2.15. The quantitative estimate of drug-likeness (QED) is 0.616. The molecule has 1 heterocycles. The summed E-state index contributed by atoms with van der Waals surface area (Å²) in [5, 5.41) is 2.67. The summed E-state index contributed by atoms with van der Waals surface area (Å²) in [6, 6.07) is 12.3. The Morgan fingerprint density at radius 2 is 1.87 bits per heavy atom. The maximum atomic E-state index is 13.6. The first-order valence-electron chi connectivity index (χ1n) is 9.18. The van der Waals surface area contributed by atoms with Crippen LogP contribution in [0.4, 0.5) is 8.78 Å². The minimum absolute atomic E-state index is 0.00677. The predicted octanol–water partition coefficient (Wildman–Crippen LogP) is 3.22. The fourth-order valence-electron chi connectivity index (χ4n) is 3.06. The third kappa shape index (κ3) is 4.19. The largest absolute Gasteiger partial charge is 0.351 e. The number of hydrogen-bond donors (Lipinski definition) is 1. The molecular weight excluding hydrogens is 414 g/mol. The van der Waals surface area contributed by atoms with Gasteiger partial charge < -0.3 is 5.32 Å². The molecule has 0 aliphatic carbocycles. The van der Waals surface area contributed by atoms with Crippen LogP contribution in [-0.2, 0) is 10.0 Å². The second kappa shape index (κ2) is 8.49. The molecule has 0 aliphatic heterocycles. The highest BCUT2D eigenvalue weighted by Crippen LogP contribution is 2.27. The average Bonchev–Trinajstić information content (AvgIpc) is 3.11. The Balaban J connectivity index is 1.79. The summed E-state index contributed by atoms with van der Waals surface area (Å²) < 4.78 is 53.6. The summed E-state index contributed by atoms with van der Waals surface area (Å²) in [5.74, 6) is -0.836. The molecule has 2 aromatic carbocycles. The van der Waals surface area contributed by atoms with Gasteiger partial charge in [0, 0.05) is 32.1 Å². The Kier molecular flexibility index (Phi) is 6.18. The first-order chi connectivity index (χ1) is 14.1. The van der Waals surface area contributed by atoms with E-state index in [0.29, 0.717) is 11.0 Å². The molecule has 0 fully saturated rings. The zero-order valence-electron chi connectivity index (χ0n) is 16.7. The van der Waals surface area contributed by atoms with Crippen LogP contribution >= 0.6 is 0 Å². The third-order valence-corrected chi connectivity index (χ3v) is 6.51. The zero-order chi connectivity index (χ0) is 22.1. The summed E-state index contributed by atoms with van der Waals surface area (Å²) in [6.07, 6.45) is 0. The van der Waals surface area contributed by atoms with Crippen LogP contribution in [0.2, 0.25) is 0 Å². The van der Waals surface area contributed by atoms with E-state index in [9.17, 15) is 22.0 Å². The first kappa shape index (κ1) is 21.8. The number of carbonyl (C=O) groups excluding carboxylic acids is 1. The van der Waals surface area contributed by atoms with Gasteiger partial charge in [0.05, 0.1) is 15.9 Å². The van der Waals surface area contributed by atoms with E-state index in [1.807, 2.05) is 0 Å². The summed E-state index contributed by atoms with van der Waals surface area (Å²) in [5.41, 5.74) is 0.933. The van der Waals surface area contributed by atoms with Crippen LogP contribution in [0.5, 0.6) is 0 Å². The van der Waals surface area contributed by atoms with Gasteiger partial charge in [-0.1, -0.05) is 25.1 Å².